The number of rotatable bonds is 6. The monoisotopic (exact) mass is 332 g/mol. The van der Waals surface area contributed by atoms with E-state index in [1.165, 1.54) is 11.8 Å². The summed E-state index contributed by atoms with van der Waals surface area (Å²) in [7, 11) is 1.81. The molecule has 1 aromatic carbocycles. The lowest BCUT2D eigenvalue weighted by atomic mass is 10.2. The van der Waals surface area contributed by atoms with Gasteiger partial charge >= 0.3 is 0 Å². The van der Waals surface area contributed by atoms with Crippen LogP contribution in [0.4, 0.5) is 0 Å². The molecule has 3 rings (SSSR count). The molecule has 122 valence electrons. The second-order valence-corrected chi connectivity index (χ2v) is 6.47. The number of carbonyl (C=O) groups excluding carboxylic acids is 1. The van der Waals surface area contributed by atoms with Gasteiger partial charge in [0.1, 0.15) is 6.10 Å². The Balaban J connectivity index is 1.48. The molecule has 6 nitrogen and oxygen atoms in total. The average molecular weight is 332 g/mol. The van der Waals surface area contributed by atoms with Crippen molar-refractivity contribution < 1.29 is 9.53 Å². The highest BCUT2D eigenvalue weighted by Gasteiger charge is 2.21. The third-order valence-corrected chi connectivity index (χ3v) is 4.56. The van der Waals surface area contributed by atoms with E-state index in [1.807, 2.05) is 37.4 Å². The topological polar surface area (TPSA) is 71.1 Å². The van der Waals surface area contributed by atoms with Crippen LogP contribution in [0.25, 0.3) is 0 Å². The Kier molecular flexibility index (Phi) is 5.30. The summed E-state index contributed by atoms with van der Waals surface area (Å²) in [5, 5.41) is 7.66. The number of aromatic amines is 1. The maximum Gasteiger partial charge on any atom is 0.233 e. The van der Waals surface area contributed by atoms with Gasteiger partial charge in [0.2, 0.25) is 11.1 Å². The highest BCUT2D eigenvalue weighted by Crippen LogP contribution is 2.26. The van der Waals surface area contributed by atoms with E-state index in [1.54, 1.807) is 4.90 Å². The molecule has 2 heterocycles. The van der Waals surface area contributed by atoms with Crippen LogP contribution in [0.15, 0.2) is 35.5 Å². The summed E-state index contributed by atoms with van der Waals surface area (Å²) in [6.45, 7) is 1.38. The van der Waals surface area contributed by atoms with E-state index in [-0.39, 0.29) is 12.0 Å². The smallest absolute Gasteiger partial charge is 0.233 e. The molecular weight excluding hydrogens is 312 g/mol. The molecule has 2 aromatic rings. The summed E-state index contributed by atoms with van der Waals surface area (Å²) in [5.41, 5.74) is 1.12. The number of hydrogen-bond acceptors (Lipinski definition) is 5. The first kappa shape index (κ1) is 16.0. The largest absolute Gasteiger partial charge is 0.370 e. The van der Waals surface area contributed by atoms with Crippen LogP contribution in [-0.2, 0) is 16.1 Å². The Morgan fingerprint density at radius 2 is 2.26 bits per heavy atom. The van der Waals surface area contributed by atoms with E-state index in [2.05, 4.69) is 15.2 Å². The third-order valence-electron chi connectivity index (χ3n) is 3.73. The maximum atomic E-state index is 12.2. The van der Waals surface area contributed by atoms with Gasteiger partial charge in [-0.25, -0.2) is 4.98 Å². The van der Waals surface area contributed by atoms with Crippen LogP contribution in [-0.4, -0.2) is 45.4 Å². The molecule has 1 aliphatic heterocycles. The van der Waals surface area contributed by atoms with Crippen molar-refractivity contribution in [2.75, 3.05) is 19.4 Å². The van der Waals surface area contributed by atoms with Crippen LogP contribution in [0, 0.1) is 0 Å². The van der Waals surface area contributed by atoms with Crippen molar-refractivity contribution in [2.45, 2.75) is 30.6 Å². The molecule has 23 heavy (non-hydrogen) atoms. The summed E-state index contributed by atoms with van der Waals surface area (Å²) in [6.07, 6.45) is 2.04. The summed E-state index contributed by atoms with van der Waals surface area (Å²) < 4.78 is 5.56. The molecule has 1 amide bonds. The lowest BCUT2D eigenvalue weighted by Crippen LogP contribution is -2.27. The zero-order valence-corrected chi connectivity index (χ0v) is 13.9. The quantitative estimate of drug-likeness (QED) is 0.823. The second-order valence-electron chi connectivity index (χ2n) is 5.53. The van der Waals surface area contributed by atoms with Gasteiger partial charge in [-0.15, -0.1) is 5.10 Å². The van der Waals surface area contributed by atoms with E-state index in [0.29, 0.717) is 17.5 Å². The first-order valence-electron chi connectivity index (χ1n) is 7.67. The van der Waals surface area contributed by atoms with Gasteiger partial charge in [0, 0.05) is 20.2 Å². The minimum absolute atomic E-state index is 0.0216. The fourth-order valence-electron chi connectivity index (χ4n) is 2.44. The van der Waals surface area contributed by atoms with Crippen LogP contribution in [0.5, 0.6) is 0 Å². The van der Waals surface area contributed by atoms with Crippen molar-refractivity contribution in [3.8, 4) is 0 Å². The van der Waals surface area contributed by atoms with Gasteiger partial charge in [0.05, 0.1) is 5.75 Å². The molecule has 1 atom stereocenters. The molecule has 1 aliphatic rings. The number of amides is 1. The van der Waals surface area contributed by atoms with Gasteiger partial charge in [0.15, 0.2) is 5.82 Å². The Labute approximate surface area is 139 Å². The van der Waals surface area contributed by atoms with Crippen molar-refractivity contribution in [3.63, 3.8) is 0 Å². The first-order valence-corrected chi connectivity index (χ1v) is 8.65. The molecular formula is C16H20N4O2S. The standard InChI is InChI=1S/C16H20N4O2S/c1-20(10-12-6-3-2-4-7-12)14(21)11-23-16-17-15(18-19-16)13-8-5-9-22-13/h2-4,6-7,13H,5,8-11H2,1H3,(H,17,18,19). The summed E-state index contributed by atoms with van der Waals surface area (Å²) in [4.78, 5) is 18.3. The number of hydrogen-bond donors (Lipinski definition) is 1. The van der Waals surface area contributed by atoms with Crippen LogP contribution >= 0.6 is 11.8 Å². The van der Waals surface area contributed by atoms with Crippen molar-refractivity contribution >= 4 is 17.7 Å². The highest BCUT2D eigenvalue weighted by atomic mass is 32.2. The van der Waals surface area contributed by atoms with Gasteiger partial charge in [-0.3, -0.25) is 9.89 Å². The number of thioether (sulfide) groups is 1. The van der Waals surface area contributed by atoms with E-state index in [4.69, 9.17) is 4.74 Å². The molecule has 1 aromatic heterocycles. The molecule has 1 N–H and O–H groups in total. The third kappa shape index (κ3) is 4.33. The summed E-state index contributed by atoms with van der Waals surface area (Å²) in [6, 6.07) is 9.95. The fourth-order valence-corrected chi connectivity index (χ4v) is 3.19. The fraction of sp³-hybridized carbons (Fsp3) is 0.438. The minimum Gasteiger partial charge on any atom is -0.370 e. The van der Waals surface area contributed by atoms with Crippen molar-refractivity contribution in [3.05, 3.63) is 41.7 Å². The van der Waals surface area contributed by atoms with Crippen LogP contribution < -0.4 is 0 Å². The highest BCUT2D eigenvalue weighted by molar-refractivity contribution is 7.99. The van der Waals surface area contributed by atoms with Gasteiger partial charge in [-0.1, -0.05) is 42.1 Å². The number of aromatic nitrogens is 3. The lowest BCUT2D eigenvalue weighted by molar-refractivity contribution is -0.127. The predicted octanol–water partition coefficient (Wildman–Crippen LogP) is 2.41. The van der Waals surface area contributed by atoms with E-state index in [9.17, 15) is 4.79 Å². The summed E-state index contributed by atoms with van der Waals surface area (Å²) in [5.74, 6) is 1.14. The Morgan fingerprint density at radius 1 is 1.43 bits per heavy atom. The Hall–Kier alpha value is -1.86. The number of benzene rings is 1. The molecule has 0 radical (unpaired) electrons. The molecule has 0 saturated carbocycles. The summed E-state index contributed by atoms with van der Waals surface area (Å²) >= 11 is 1.35. The molecule has 0 aliphatic carbocycles. The van der Waals surface area contributed by atoms with Gasteiger partial charge in [0.25, 0.3) is 0 Å². The number of carbonyl (C=O) groups is 1. The second kappa shape index (κ2) is 7.61. The number of H-pyrrole nitrogens is 1. The first-order chi connectivity index (χ1) is 11.2. The van der Waals surface area contributed by atoms with E-state index < -0.39 is 0 Å². The molecule has 1 fully saturated rings. The van der Waals surface area contributed by atoms with Crippen LogP contribution in [0.2, 0.25) is 0 Å². The van der Waals surface area contributed by atoms with Gasteiger partial charge < -0.3 is 9.64 Å². The zero-order valence-electron chi connectivity index (χ0n) is 13.1. The van der Waals surface area contributed by atoms with Crippen LogP contribution in [0.1, 0.15) is 30.3 Å². The number of ether oxygens (including phenoxy) is 1. The number of nitrogens with one attached hydrogen (secondary N) is 1. The Morgan fingerprint density at radius 3 is 3.00 bits per heavy atom. The van der Waals surface area contributed by atoms with Gasteiger partial charge in [-0.2, -0.15) is 0 Å². The van der Waals surface area contributed by atoms with Gasteiger partial charge in [-0.05, 0) is 18.4 Å². The van der Waals surface area contributed by atoms with E-state index in [0.717, 1.165) is 30.8 Å². The molecule has 1 unspecified atom stereocenters. The Bertz CT molecular complexity index is 641. The van der Waals surface area contributed by atoms with E-state index >= 15 is 0 Å². The van der Waals surface area contributed by atoms with Crippen LogP contribution in [0.3, 0.4) is 0 Å². The molecule has 1 saturated heterocycles. The zero-order chi connectivity index (χ0) is 16.1. The maximum absolute atomic E-state index is 12.2. The predicted molar refractivity (Wildman–Crippen MR) is 87.9 cm³/mol. The van der Waals surface area contributed by atoms with Crippen molar-refractivity contribution in [2.24, 2.45) is 0 Å². The number of nitrogens with zero attached hydrogens (tertiary/aromatic N) is 3. The molecule has 0 bridgehead atoms. The molecule has 7 heteroatoms. The average Bonchev–Trinajstić information content (AvgIpc) is 3.24. The molecule has 0 spiro atoms. The van der Waals surface area contributed by atoms with Crippen molar-refractivity contribution in [1.82, 2.24) is 20.1 Å². The lowest BCUT2D eigenvalue weighted by Gasteiger charge is -2.16. The minimum atomic E-state index is 0.0216. The normalized spacial score (nSPS) is 17.3. The van der Waals surface area contributed by atoms with Crippen molar-refractivity contribution in [1.29, 1.82) is 0 Å². The SMILES string of the molecule is CN(Cc1ccccc1)C(=O)CSc1n[nH]c(C2CCCO2)n1.